The van der Waals surface area contributed by atoms with E-state index in [0.29, 0.717) is 26.1 Å². The highest BCUT2D eigenvalue weighted by atomic mass is 16.5. The summed E-state index contributed by atoms with van der Waals surface area (Å²) in [5.41, 5.74) is 7.54. The Morgan fingerprint density at radius 2 is 2.00 bits per heavy atom. The van der Waals surface area contributed by atoms with Crippen LogP contribution >= 0.6 is 0 Å². The van der Waals surface area contributed by atoms with Gasteiger partial charge in [0.1, 0.15) is 5.75 Å². The van der Waals surface area contributed by atoms with Crippen molar-refractivity contribution in [3.05, 3.63) is 29.3 Å². The van der Waals surface area contributed by atoms with Crippen molar-refractivity contribution in [1.29, 1.82) is 0 Å². The predicted octanol–water partition coefficient (Wildman–Crippen LogP) is 1.54. The van der Waals surface area contributed by atoms with Gasteiger partial charge in [0.15, 0.2) is 0 Å². The zero-order chi connectivity index (χ0) is 13.4. The Morgan fingerprint density at radius 3 is 2.61 bits per heavy atom. The van der Waals surface area contributed by atoms with Crippen molar-refractivity contribution in [1.82, 2.24) is 5.32 Å². The van der Waals surface area contributed by atoms with E-state index in [1.807, 2.05) is 32.0 Å². The van der Waals surface area contributed by atoms with Gasteiger partial charge in [0.2, 0.25) is 5.91 Å². The molecule has 1 aromatic carbocycles. The molecule has 0 bridgehead atoms. The van der Waals surface area contributed by atoms with Gasteiger partial charge in [-0.25, -0.2) is 0 Å². The minimum atomic E-state index is 0.00897. The molecule has 1 aromatic rings. The summed E-state index contributed by atoms with van der Waals surface area (Å²) in [6, 6.07) is 6.00. The number of nitrogens with two attached hydrogens (primary N) is 1. The maximum Gasteiger partial charge on any atom is 0.223 e. The van der Waals surface area contributed by atoms with Crippen molar-refractivity contribution in [2.24, 2.45) is 5.73 Å². The van der Waals surface area contributed by atoms with Gasteiger partial charge in [0.05, 0.1) is 13.0 Å². The lowest BCUT2D eigenvalue weighted by molar-refractivity contribution is -0.121. The first-order valence-corrected chi connectivity index (χ1v) is 6.31. The molecule has 3 N–H and O–H groups in total. The van der Waals surface area contributed by atoms with E-state index in [2.05, 4.69) is 5.32 Å². The van der Waals surface area contributed by atoms with Crippen LogP contribution in [0.15, 0.2) is 18.2 Å². The number of aryl methyl sites for hydroxylation is 2. The largest absolute Gasteiger partial charge is 0.493 e. The molecule has 0 saturated carbocycles. The van der Waals surface area contributed by atoms with Crippen LogP contribution in [0.3, 0.4) is 0 Å². The van der Waals surface area contributed by atoms with Gasteiger partial charge in [-0.15, -0.1) is 0 Å². The summed E-state index contributed by atoms with van der Waals surface area (Å²) >= 11 is 0. The summed E-state index contributed by atoms with van der Waals surface area (Å²) in [5, 5.41) is 2.80. The third-order valence-electron chi connectivity index (χ3n) is 2.69. The molecule has 0 atom stereocenters. The Labute approximate surface area is 109 Å². The Balaban J connectivity index is 2.31. The molecule has 0 fully saturated rings. The van der Waals surface area contributed by atoms with Crippen molar-refractivity contribution in [3.8, 4) is 5.75 Å². The Kier molecular flexibility index (Phi) is 6.22. The molecule has 0 saturated heterocycles. The number of nitrogens with one attached hydrogen (secondary N) is 1. The van der Waals surface area contributed by atoms with E-state index < -0.39 is 0 Å². The molecule has 0 radical (unpaired) electrons. The van der Waals surface area contributed by atoms with Crippen LogP contribution in [0.25, 0.3) is 0 Å². The van der Waals surface area contributed by atoms with Gasteiger partial charge in [0, 0.05) is 6.54 Å². The summed E-state index contributed by atoms with van der Waals surface area (Å²) in [4.78, 5) is 11.4. The summed E-state index contributed by atoms with van der Waals surface area (Å²) in [7, 11) is 0. The second-order valence-electron chi connectivity index (χ2n) is 4.31. The average molecular weight is 250 g/mol. The van der Waals surface area contributed by atoms with Crippen molar-refractivity contribution in [3.63, 3.8) is 0 Å². The summed E-state index contributed by atoms with van der Waals surface area (Å²) in [6.45, 7) is 5.64. The van der Waals surface area contributed by atoms with Crippen LogP contribution in [0.4, 0.5) is 0 Å². The summed E-state index contributed by atoms with van der Waals surface area (Å²) < 4.78 is 5.66. The second-order valence-corrected chi connectivity index (χ2v) is 4.31. The first kappa shape index (κ1) is 14.5. The van der Waals surface area contributed by atoms with E-state index in [0.717, 1.165) is 23.3 Å². The van der Waals surface area contributed by atoms with Gasteiger partial charge in [-0.05, 0) is 37.9 Å². The van der Waals surface area contributed by atoms with E-state index in [-0.39, 0.29) is 5.91 Å². The molecule has 100 valence electrons. The molecule has 0 aromatic heterocycles. The molecule has 4 nitrogen and oxygen atoms in total. The minimum Gasteiger partial charge on any atom is -0.493 e. The van der Waals surface area contributed by atoms with Crippen LogP contribution in [-0.2, 0) is 4.79 Å². The number of carbonyl (C=O) groups excluding carboxylic acids is 1. The Bertz CT molecular complexity index is 371. The molecule has 0 spiro atoms. The molecule has 1 rings (SSSR count). The molecule has 18 heavy (non-hydrogen) atoms. The van der Waals surface area contributed by atoms with Crippen molar-refractivity contribution >= 4 is 5.91 Å². The van der Waals surface area contributed by atoms with E-state index in [9.17, 15) is 4.79 Å². The molecular formula is C14H22N2O2. The number of rotatable bonds is 7. The lowest BCUT2D eigenvalue weighted by Gasteiger charge is -2.11. The number of ether oxygens (including phenoxy) is 1. The van der Waals surface area contributed by atoms with E-state index in [1.54, 1.807) is 0 Å². The van der Waals surface area contributed by atoms with E-state index >= 15 is 0 Å². The summed E-state index contributed by atoms with van der Waals surface area (Å²) in [6.07, 6.45) is 1.18. The third kappa shape index (κ3) is 4.75. The first-order valence-electron chi connectivity index (χ1n) is 6.31. The standard InChI is InChI=1S/C14H22N2O2/c1-11-5-3-6-12(2)14(11)18-10-7-13(17)16-9-4-8-15/h3,5-6H,4,7-10,15H2,1-2H3,(H,16,17). The Hall–Kier alpha value is -1.55. The van der Waals surface area contributed by atoms with Crippen LogP contribution in [0.2, 0.25) is 0 Å². The quantitative estimate of drug-likeness (QED) is 0.721. The van der Waals surface area contributed by atoms with Gasteiger partial charge in [-0.3, -0.25) is 4.79 Å². The lowest BCUT2D eigenvalue weighted by atomic mass is 10.1. The van der Waals surface area contributed by atoms with Gasteiger partial charge in [0.25, 0.3) is 0 Å². The fraction of sp³-hybridized carbons (Fsp3) is 0.500. The molecule has 0 aliphatic carbocycles. The molecule has 4 heteroatoms. The number of hydrogen-bond acceptors (Lipinski definition) is 3. The van der Waals surface area contributed by atoms with Crippen LogP contribution < -0.4 is 15.8 Å². The van der Waals surface area contributed by atoms with E-state index in [4.69, 9.17) is 10.5 Å². The number of para-hydroxylation sites is 1. The molecule has 0 aliphatic rings. The highest BCUT2D eigenvalue weighted by molar-refractivity contribution is 5.75. The smallest absolute Gasteiger partial charge is 0.223 e. The van der Waals surface area contributed by atoms with Crippen LogP contribution in [0, 0.1) is 13.8 Å². The zero-order valence-corrected chi connectivity index (χ0v) is 11.2. The monoisotopic (exact) mass is 250 g/mol. The number of hydrogen-bond donors (Lipinski definition) is 2. The third-order valence-corrected chi connectivity index (χ3v) is 2.69. The van der Waals surface area contributed by atoms with Gasteiger partial charge in [-0.1, -0.05) is 18.2 Å². The van der Waals surface area contributed by atoms with Crippen LogP contribution in [0.5, 0.6) is 5.75 Å². The van der Waals surface area contributed by atoms with Crippen molar-refractivity contribution in [2.75, 3.05) is 19.7 Å². The number of carbonyl (C=O) groups is 1. The molecule has 0 aliphatic heterocycles. The number of benzene rings is 1. The van der Waals surface area contributed by atoms with Crippen molar-refractivity contribution in [2.45, 2.75) is 26.7 Å². The summed E-state index contributed by atoms with van der Waals surface area (Å²) in [5.74, 6) is 0.891. The first-order chi connectivity index (χ1) is 8.65. The maximum atomic E-state index is 11.4. The molecule has 0 heterocycles. The highest BCUT2D eigenvalue weighted by Gasteiger charge is 2.05. The average Bonchev–Trinajstić information content (AvgIpc) is 2.33. The topological polar surface area (TPSA) is 64.3 Å². The number of amides is 1. The minimum absolute atomic E-state index is 0.00897. The SMILES string of the molecule is Cc1cccc(C)c1OCCC(=O)NCCCN. The van der Waals surface area contributed by atoms with Gasteiger partial charge < -0.3 is 15.8 Å². The molecule has 0 unspecified atom stereocenters. The van der Waals surface area contributed by atoms with Gasteiger partial charge >= 0.3 is 0 Å². The second kappa shape index (κ2) is 7.71. The zero-order valence-electron chi connectivity index (χ0n) is 11.2. The maximum absolute atomic E-state index is 11.4. The molecular weight excluding hydrogens is 228 g/mol. The van der Waals surface area contributed by atoms with Crippen LogP contribution in [-0.4, -0.2) is 25.6 Å². The fourth-order valence-electron chi connectivity index (χ4n) is 1.69. The highest BCUT2D eigenvalue weighted by Crippen LogP contribution is 2.22. The van der Waals surface area contributed by atoms with Gasteiger partial charge in [-0.2, -0.15) is 0 Å². The van der Waals surface area contributed by atoms with Crippen molar-refractivity contribution < 1.29 is 9.53 Å². The lowest BCUT2D eigenvalue weighted by Crippen LogP contribution is -2.27. The van der Waals surface area contributed by atoms with Crippen LogP contribution in [0.1, 0.15) is 24.0 Å². The molecule has 1 amide bonds. The van der Waals surface area contributed by atoms with E-state index in [1.165, 1.54) is 0 Å². The normalized spacial score (nSPS) is 10.2. The predicted molar refractivity (Wildman–Crippen MR) is 72.7 cm³/mol. The Morgan fingerprint density at radius 1 is 1.33 bits per heavy atom. The fourth-order valence-corrected chi connectivity index (χ4v) is 1.69.